The second kappa shape index (κ2) is 8.87. The number of piperidine rings is 1. The number of carbonyl (C=O) groups excluding carboxylic acids is 1. The van der Waals surface area contributed by atoms with Gasteiger partial charge in [-0.3, -0.25) is 4.79 Å². The van der Waals surface area contributed by atoms with E-state index in [4.69, 9.17) is 5.26 Å². The Bertz CT molecular complexity index is 975. The van der Waals surface area contributed by atoms with E-state index >= 15 is 0 Å². The van der Waals surface area contributed by atoms with Crippen molar-refractivity contribution in [1.29, 1.82) is 5.26 Å². The van der Waals surface area contributed by atoms with E-state index in [0.29, 0.717) is 24.3 Å². The van der Waals surface area contributed by atoms with Crippen LogP contribution >= 0.6 is 0 Å². The maximum absolute atomic E-state index is 12.8. The largest absolute Gasteiger partial charge is 0.376 e. The predicted octanol–water partition coefficient (Wildman–Crippen LogP) is 2.78. The van der Waals surface area contributed by atoms with Gasteiger partial charge >= 0.3 is 0 Å². The number of nitriles is 1. The van der Waals surface area contributed by atoms with E-state index in [2.05, 4.69) is 10.6 Å². The van der Waals surface area contributed by atoms with Gasteiger partial charge in [0.15, 0.2) is 0 Å². The average molecular weight is 398 g/mol. The molecule has 1 amide bonds. The number of rotatable bonds is 6. The van der Waals surface area contributed by atoms with Crippen LogP contribution in [0.5, 0.6) is 0 Å². The number of hydrogen-bond acceptors (Lipinski definition) is 5. The van der Waals surface area contributed by atoms with Crippen molar-refractivity contribution in [2.75, 3.05) is 30.3 Å². The van der Waals surface area contributed by atoms with Crippen molar-refractivity contribution in [3.8, 4) is 6.07 Å². The normalized spacial score (nSPS) is 14.8. The van der Waals surface area contributed by atoms with Gasteiger partial charge in [0.25, 0.3) is 0 Å². The number of carbonyl (C=O) groups is 1. The zero-order valence-corrected chi connectivity index (χ0v) is 16.2. The van der Waals surface area contributed by atoms with Gasteiger partial charge in [0.1, 0.15) is 0 Å². The molecule has 146 valence electrons. The van der Waals surface area contributed by atoms with E-state index in [0.717, 1.165) is 24.9 Å². The number of nitrogens with zero attached hydrogens (tertiary/aromatic N) is 2. The van der Waals surface area contributed by atoms with Crippen molar-refractivity contribution in [3.63, 3.8) is 0 Å². The molecule has 28 heavy (non-hydrogen) atoms. The van der Waals surface area contributed by atoms with Crippen molar-refractivity contribution in [2.24, 2.45) is 0 Å². The molecule has 0 atom stereocenters. The minimum atomic E-state index is -3.54. The molecule has 1 saturated heterocycles. The van der Waals surface area contributed by atoms with E-state index in [1.54, 1.807) is 42.5 Å². The van der Waals surface area contributed by atoms with Gasteiger partial charge in [-0.25, -0.2) is 8.42 Å². The third-order valence-corrected chi connectivity index (χ3v) is 6.43. The molecule has 2 aromatic rings. The number of amides is 1. The summed E-state index contributed by atoms with van der Waals surface area (Å²) < 4.78 is 27.0. The highest BCUT2D eigenvalue weighted by molar-refractivity contribution is 7.89. The molecule has 1 fully saturated rings. The van der Waals surface area contributed by atoms with Crippen molar-refractivity contribution < 1.29 is 13.2 Å². The van der Waals surface area contributed by atoms with Crippen molar-refractivity contribution in [1.82, 2.24) is 4.31 Å². The van der Waals surface area contributed by atoms with Crippen LogP contribution in [0.2, 0.25) is 0 Å². The summed E-state index contributed by atoms with van der Waals surface area (Å²) in [5.74, 6) is -0.295. The van der Waals surface area contributed by atoms with Crippen molar-refractivity contribution in [2.45, 2.75) is 24.2 Å². The highest BCUT2D eigenvalue weighted by Gasteiger charge is 2.26. The molecule has 8 heteroatoms. The van der Waals surface area contributed by atoms with Gasteiger partial charge in [0, 0.05) is 24.5 Å². The fourth-order valence-electron chi connectivity index (χ4n) is 3.04. The third-order valence-electron chi connectivity index (χ3n) is 4.54. The Kier molecular flexibility index (Phi) is 6.29. The molecule has 3 rings (SSSR count). The van der Waals surface area contributed by atoms with E-state index in [-0.39, 0.29) is 17.3 Å². The van der Waals surface area contributed by atoms with E-state index in [9.17, 15) is 13.2 Å². The zero-order chi connectivity index (χ0) is 20.0. The summed E-state index contributed by atoms with van der Waals surface area (Å²) in [6, 6.07) is 15.1. The van der Waals surface area contributed by atoms with Crippen LogP contribution in [-0.2, 0) is 14.8 Å². The van der Waals surface area contributed by atoms with Crippen LogP contribution in [0.4, 0.5) is 11.4 Å². The van der Waals surface area contributed by atoms with Crippen LogP contribution in [0.1, 0.15) is 24.8 Å². The van der Waals surface area contributed by atoms with Gasteiger partial charge in [-0.1, -0.05) is 12.5 Å². The quantitative estimate of drug-likeness (QED) is 0.779. The average Bonchev–Trinajstić information content (AvgIpc) is 2.73. The summed E-state index contributed by atoms with van der Waals surface area (Å²) in [6.45, 7) is 1.09. The summed E-state index contributed by atoms with van der Waals surface area (Å²) in [5, 5.41) is 14.5. The summed E-state index contributed by atoms with van der Waals surface area (Å²) in [4.78, 5) is 12.4. The first-order valence-corrected chi connectivity index (χ1v) is 10.6. The lowest BCUT2D eigenvalue weighted by Crippen LogP contribution is -2.35. The molecule has 2 N–H and O–H groups in total. The molecule has 0 aliphatic carbocycles. The van der Waals surface area contributed by atoms with E-state index in [1.807, 2.05) is 6.07 Å². The Morgan fingerprint density at radius 1 is 1.04 bits per heavy atom. The monoisotopic (exact) mass is 398 g/mol. The van der Waals surface area contributed by atoms with Gasteiger partial charge in [0.05, 0.1) is 23.1 Å². The Labute approximate surface area is 165 Å². The highest BCUT2D eigenvalue weighted by Crippen LogP contribution is 2.22. The number of sulfonamides is 1. The summed E-state index contributed by atoms with van der Waals surface area (Å²) in [7, 11) is -3.54. The smallest absolute Gasteiger partial charge is 0.243 e. The van der Waals surface area contributed by atoms with Crippen LogP contribution in [0, 0.1) is 11.3 Å². The number of nitrogens with one attached hydrogen (secondary N) is 2. The standard InChI is InChI=1S/C20H22N4O3S/c21-14-16-7-9-17(10-8-16)22-15-20(25)23-18-5-4-6-19(13-18)28(26,27)24-11-2-1-3-12-24/h4-10,13,22H,1-3,11-12,15H2,(H,23,25). The van der Waals surface area contributed by atoms with Crippen LogP contribution in [0.15, 0.2) is 53.4 Å². The molecule has 1 aliphatic rings. The van der Waals surface area contributed by atoms with Gasteiger partial charge in [0.2, 0.25) is 15.9 Å². The molecule has 0 saturated carbocycles. The van der Waals surface area contributed by atoms with Crippen LogP contribution in [-0.4, -0.2) is 38.3 Å². The first-order chi connectivity index (χ1) is 13.5. The molecule has 0 bridgehead atoms. The second-order valence-corrected chi connectivity index (χ2v) is 8.52. The Hall–Kier alpha value is -2.89. The maximum atomic E-state index is 12.8. The van der Waals surface area contributed by atoms with E-state index in [1.165, 1.54) is 10.4 Å². The maximum Gasteiger partial charge on any atom is 0.243 e. The molecule has 0 unspecified atom stereocenters. The lowest BCUT2D eigenvalue weighted by atomic mass is 10.2. The molecule has 1 heterocycles. The molecule has 2 aromatic carbocycles. The molecular formula is C20H22N4O3S. The Balaban J connectivity index is 1.61. The topological polar surface area (TPSA) is 102 Å². The van der Waals surface area contributed by atoms with Gasteiger partial charge in [-0.2, -0.15) is 9.57 Å². The molecule has 7 nitrogen and oxygen atoms in total. The predicted molar refractivity (Wildman–Crippen MR) is 107 cm³/mol. The number of anilines is 2. The molecule has 1 aliphatic heterocycles. The molecular weight excluding hydrogens is 376 g/mol. The summed E-state index contributed by atoms with van der Waals surface area (Å²) in [6.07, 6.45) is 2.79. The molecule has 0 aromatic heterocycles. The van der Waals surface area contributed by atoms with E-state index < -0.39 is 10.0 Å². The molecule has 0 spiro atoms. The van der Waals surface area contributed by atoms with Gasteiger partial charge in [-0.05, 0) is 55.3 Å². The fourth-order valence-corrected chi connectivity index (χ4v) is 4.60. The number of benzene rings is 2. The van der Waals surface area contributed by atoms with Gasteiger partial charge in [-0.15, -0.1) is 0 Å². The lowest BCUT2D eigenvalue weighted by Gasteiger charge is -2.26. The zero-order valence-electron chi connectivity index (χ0n) is 15.4. The first kappa shape index (κ1) is 19.9. The Morgan fingerprint density at radius 2 is 1.75 bits per heavy atom. The molecule has 0 radical (unpaired) electrons. The summed E-state index contributed by atoms with van der Waals surface area (Å²) in [5.41, 5.74) is 1.70. The highest BCUT2D eigenvalue weighted by atomic mass is 32.2. The minimum Gasteiger partial charge on any atom is -0.376 e. The first-order valence-electron chi connectivity index (χ1n) is 9.13. The Morgan fingerprint density at radius 3 is 2.43 bits per heavy atom. The van der Waals surface area contributed by atoms with Crippen LogP contribution in [0.25, 0.3) is 0 Å². The summed E-state index contributed by atoms with van der Waals surface area (Å²) >= 11 is 0. The fraction of sp³-hybridized carbons (Fsp3) is 0.300. The lowest BCUT2D eigenvalue weighted by molar-refractivity contribution is -0.114. The number of hydrogen-bond donors (Lipinski definition) is 2. The second-order valence-electron chi connectivity index (χ2n) is 6.58. The van der Waals surface area contributed by atoms with Crippen molar-refractivity contribution in [3.05, 3.63) is 54.1 Å². The SMILES string of the molecule is N#Cc1ccc(NCC(=O)Nc2cccc(S(=O)(=O)N3CCCCC3)c2)cc1. The van der Waals surface area contributed by atoms with Crippen molar-refractivity contribution >= 4 is 27.3 Å². The minimum absolute atomic E-state index is 0.0228. The van der Waals surface area contributed by atoms with Gasteiger partial charge < -0.3 is 10.6 Å². The van der Waals surface area contributed by atoms with Crippen LogP contribution < -0.4 is 10.6 Å². The third kappa shape index (κ3) is 4.88. The van der Waals surface area contributed by atoms with Crippen LogP contribution in [0.3, 0.4) is 0 Å².